The quantitative estimate of drug-likeness (QED) is 0.553. The molecule has 0 aliphatic rings. The summed E-state index contributed by atoms with van der Waals surface area (Å²) in [6.45, 7) is 0.451. The van der Waals surface area contributed by atoms with Crippen LogP contribution in [-0.2, 0) is 12.7 Å². The number of imidazole rings is 1. The number of aromatic amines is 1. The van der Waals surface area contributed by atoms with Crippen molar-refractivity contribution in [2.24, 2.45) is 0 Å². The van der Waals surface area contributed by atoms with Gasteiger partial charge >= 0.3 is 6.18 Å². The average molecular weight is 341 g/mol. The summed E-state index contributed by atoms with van der Waals surface area (Å²) in [5.74, 6) is 0. The first kappa shape index (κ1) is 15.5. The van der Waals surface area contributed by atoms with Gasteiger partial charge in [-0.25, -0.2) is 4.98 Å². The fourth-order valence-electron chi connectivity index (χ4n) is 2.95. The van der Waals surface area contributed by atoms with Crippen molar-refractivity contribution in [2.75, 3.05) is 0 Å². The molecule has 2 heterocycles. The summed E-state index contributed by atoms with van der Waals surface area (Å²) in [7, 11) is 0. The molecule has 25 heavy (non-hydrogen) atoms. The first-order valence-electron chi connectivity index (χ1n) is 7.75. The lowest BCUT2D eigenvalue weighted by atomic mass is 10.1. The van der Waals surface area contributed by atoms with Gasteiger partial charge in [-0.2, -0.15) is 13.2 Å². The number of halogens is 3. The lowest BCUT2D eigenvalue weighted by Crippen LogP contribution is -2.05. The Morgan fingerprint density at radius 3 is 2.52 bits per heavy atom. The summed E-state index contributed by atoms with van der Waals surface area (Å²) in [5.41, 5.74) is 3.10. The van der Waals surface area contributed by atoms with Crippen LogP contribution in [0.5, 0.6) is 0 Å². The van der Waals surface area contributed by atoms with Gasteiger partial charge in [-0.1, -0.05) is 30.3 Å². The summed E-state index contributed by atoms with van der Waals surface area (Å²) < 4.78 is 40.0. The molecule has 0 atom stereocenters. The summed E-state index contributed by atoms with van der Waals surface area (Å²) in [4.78, 5) is 7.43. The summed E-state index contributed by atoms with van der Waals surface area (Å²) in [5, 5.41) is 1.08. The molecule has 1 N–H and O–H groups in total. The maximum absolute atomic E-state index is 12.7. The molecule has 0 aliphatic heterocycles. The van der Waals surface area contributed by atoms with Crippen LogP contribution in [0.2, 0.25) is 0 Å². The minimum Gasteiger partial charge on any atom is -0.360 e. The maximum atomic E-state index is 12.7. The summed E-state index contributed by atoms with van der Waals surface area (Å²) in [6.07, 6.45) is 1.06. The molecule has 0 amide bonds. The van der Waals surface area contributed by atoms with Crippen LogP contribution in [0.4, 0.5) is 13.2 Å². The molecule has 2 aromatic carbocycles. The number of hydrogen-bond acceptors (Lipinski definition) is 1. The van der Waals surface area contributed by atoms with E-state index in [2.05, 4.69) is 9.97 Å². The van der Waals surface area contributed by atoms with E-state index in [-0.39, 0.29) is 0 Å². The number of fused-ring (bicyclic) bond motifs is 1. The Kier molecular flexibility index (Phi) is 3.60. The van der Waals surface area contributed by atoms with E-state index in [0.717, 1.165) is 39.9 Å². The fraction of sp³-hybridized carbons (Fsp3) is 0.105. The Labute approximate surface area is 141 Å². The minimum atomic E-state index is -4.32. The molecule has 3 nitrogen and oxygen atoms in total. The zero-order valence-corrected chi connectivity index (χ0v) is 13.1. The SMILES string of the molecule is FC(F)(F)c1ccc(Cn2cncc2-c2c[nH]c3ccccc23)cc1. The Hall–Kier alpha value is -3.02. The van der Waals surface area contributed by atoms with E-state index in [1.807, 2.05) is 35.0 Å². The van der Waals surface area contributed by atoms with Gasteiger partial charge in [-0.15, -0.1) is 0 Å². The van der Waals surface area contributed by atoms with Crippen molar-refractivity contribution >= 4 is 10.9 Å². The lowest BCUT2D eigenvalue weighted by Gasteiger charge is -2.10. The fourth-order valence-corrected chi connectivity index (χ4v) is 2.95. The van der Waals surface area contributed by atoms with Crippen LogP contribution in [0.3, 0.4) is 0 Å². The molecule has 0 spiro atoms. The Balaban J connectivity index is 1.66. The van der Waals surface area contributed by atoms with Crippen molar-refractivity contribution in [3.05, 3.63) is 78.4 Å². The van der Waals surface area contributed by atoms with E-state index in [1.165, 1.54) is 12.1 Å². The predicted molar refractivity (Wildman–Crippen MR) is 90.1 cm³/mol. The van der Waals surface area contributed by atoms with Crippen molar-refractivity contribution in [3.63, 3.8) is 0 Å². The van der Waals surface area contributed by atoms with Crippen molar-refractivity contribution in [3.8, 4) is 11.3 Å². The zero-order valence-electron chi connectivity index (χ0n) is 13.1. The molecule has 0 unspecified atom stereocenters. The number of benzene rings is 2. The van der Waals surface area contributed by atoms with Gasteiger partial charge in [0.15, 0.2) is 0 Å². The van der Waals surface area contributed by atoms with Gasteiger partial charge in [-0.3, -0.25) is 0 Å². The van der Waals surface area contributed by atoms with Crippen LogP contribution in [-0.4, -0.2) is 14.5 Å². The number of nitrogens with zero attached hydrogens (tertiary/aromatic N) is 2. The average Bonchev–Trinajstić information content (AvgIpc) is 3.21. The molecule has 0 fully saturated rings. The van der Waals surface area contributed by atoms with Crippen molar-refractivity contribution in [1.82, 2.24) is 14.5 Å². The number of H-pyrrole nitrogens is 1. The van der Waals surface area contributed by atoms with Crippen molar-refractivity contribution < 1.29 is 13.2 Å². The first-order chi connectivity index (χ1) is 12.0. The second kappa shape index (κ2) is 5.81. The van der Waals surface area contributed by atoms with E-state index in [9.17, 15) is 13.2 Å². The number of alkyl halides is 3. The maximum Gasteiger partial charge on any atom is 0.416 e. The van der Waals surface area contributed by atoms with E-state index in [1.54, 1.807) is 12.5 Å². The predicted octanol–water partition coefficient (Wildman–Crippen LogP) is 5.10. The molecule has 126 valence electrons. The third kappa shape index (κ3) is 2.91. The molecule has 0 radical (unpaired) electrons. The smallest absolute Gasteiger partial charge is 0.360 e. The molecule has 4 aromatic rings. The Morgan fingerprint density at radius 2 is 1.76 bits per heavy atom. The number of rotatable bonds is 3. The van der Waals surface area contributed by atoms with Crippen LogP contribution in [0.15, 0.2) is 67.3 Å². The van der Waals surface area contributed by atoms with Crippen LogP contribution in [0.1, 0.15) is 11.1 Å². The standard InChI is InChI=1S/C19H14F3N3/c20-19(21,22)14-7-5-13(6-8-14)11-25-12-23-10-18(25)16-9-24-17-4-2-1-3-15(16)17/h1-10,12,24H,11H2. The van der Waals surface area contributed by atoms with Crippen LogP contribution >= 0.6 is 0 Å². The Morgan fingerprint density at radius 1 is 1.00 bits per heavy atom. The number of aromatic nitrogens is 3. The highest BCUT2D eigenvalue weighted by atomic mass is 19.4. The largest absolute Gasteiger partial charge is 0.416 e. The third-order valence-corrected chi connectivity index (χ3v) is 4.21. The zero-order chi connectivity index (χ0) is 17.4. The normalized spacial score (nSPS) is 12.0. The highest BCUT2D eigenvalue weighted by Gasteiger charge is 2.29. The van der Waals surface area contributed by atoms with E-state index >= 15 is 0 Å². The lowest BCUT2D eigenvalue weighted by molar-refractivity contribution is -0.137. The van der Waals surface area contributed by atoms with Gasteiger partial charge in [0.05, 0.1) is 23.8 Å². The number of nitrogens with one attached hydrogen (secondary N) is 1. The van der Waals surface area contributed by atoms with Crippen LogP contribution < -0.4 is 0 Å². The topological polar surface area (TPSA) is 33.6 Å². The molecule has 2 aromatic heterocycles. The first-order valence-corrected chi connectivity index (χ1v) is 7.75. The van der Waals surface area contributed by atoms with E-state index < -0.39 is 11.7 Å². The van der Waals surface area contributed by atoms with Gasteiger partial charge in [0, 0.05) is 29.2 Å². The molecule has 6 heteroatoms. The van der Waals surface area contributed by atoms with Gasteiger partial charge in [0.2, 0.25) is 0 Å². The Bertz CT molecular complexity index is 1010. The van der Waals surface area contributed by atoms with E-state index in [4.69, 9.17) is 0 Å². The number of para-hydroxylation sites is 1. The molecule has 0 bridgehead atoms. The van der Waals surface area contributed by atoms with Gasteiger partial charge in [0.25, 0.3) is 0 Å². The molecule has 0 aliphatic carbocycles. The molecule has 0 saturated carbocycles. The van der Waals surface area contributed by atoms with Crippen molar-refractivity contribution in [1.29, 1.82) is 0 Å². The highest BCUT2D eigenvalue weighted by molar-refractivity contribution is 5.94. The van der Waals surface area contributed by atoms with Crippen LogP contribution in [0, 0.1) is 0 Å². The monoisotopic (exact) mass is 341 g/mol. The second-order valence-corrected chi connectivity index (χ2v) is 5.85. The van der Waals surface area contributed by atoms with E-state index in [0.29, 0.717) is 6.54 Å². The second-order valence-electron chi connectivity index (χ2n) is 5.85. The van der Waals surface area contributed by atoms with Gasteiger partial charge in [-0.05, 0) is 23.8 Å². The molecular formula is C19H14F3N3. The van der Waals surface area contributed by atoms with Gasteiger partial charge in [0.1, 0.15) is 0 Å². The third-order valence-electron chi connectivity index (χ3n) is 4.21. The molecular weight excluding hydrogens is 327 g/mol. The molecule has 4 rings (SSSR count). The van der Waals surface area contributed by atoms with Gasteiger partial charge < -0.3 is 9.55 Å². The van der Waals surface area contributed by atoms with Crippen LogP contribution in [0.25, 0.3) is 22.2 Å². The molecule has 0 saturated heterocycles. The van der Waals surface area contributed by atoms with Crippen molar-refractivity contribution in [2.45, 2.75) is 12.7 Å². The minimum absolute atomic E-state index is 0.451. The highest BCUT2D eigenvalue weighted by Crippen LogP contribution is 2.30. The summed E-state index contributed by atoms with van der Waals surface area (Å²) in [6, 6.07) is 13.2. The number of hydrogen-bond donors (Lipinski definition) is 1. The summed E-state index contributed by atoms with van der Waals surface area (Å²) >= 11 is 0.